The Hall–Kier alpha value is -0.900. The summed E-state index contributed by atoms with van der Waals surface area (Å²) in [6.45, 7) is 20.4. The first-order valence-corrected chi connectivity index (χ1v) is 28.0. The summed E-state index contributed by atoms with van der Waals surface area (Å²) >= 11 is 0. The van der Waals surface area contributed by atoms with Crippen LogP contribution >= 0.6 is 0 Å². The number of halogens is 4. The number of unbranched alkanes of at least 4 members (excludes halogenated alkanes) is 12. The lowest BCUT2D eigenvalue weighted by molar-refractivity contribution is -0.890. The van der Waals surface area contributed by atoms with Crippen molar-refractivity contribution >= 4 is 24.3 Å². The highest BCUT2D eigenvalue weighted by molar-refractivity contribution is 5.74. The fraction of sp³-hybridized carbons (Fsp3) is 0.645. The van der Waals surface area contributed by atoms with E-state index in [9.17, 15) is 0 Å². The molecule has 0 radical (unpaired) electrons. The maximum Gasteiger partial charge on any atom is 0.137 e. The summed E-state index contributed by atoms with van der Waals surface area (Å²) in [5, 5.41) is 0. The first kappa shape index (κ1) is 75.2. The molecular formula is C62H106I4N4O4. The molecular weight excluding hydrogens is 1370 g/mol. The Bertz CT molecular complexity index is 1690. The average Bonchev–Trinajstić information content (AvgIpc) is 3.31. The van der Waals surface area contributed by atoms with Gasteiger partial charge in [-0.2, -0.15) is 0 Å². The number of rotatable bonds is 40. The molecule has 426 valence electrons. The zero-order chi connectivity index (χ0) is 51.1. The van der Waals surface area contributed by atoms with Gasteiger partial charge in [0.05, 0.1) is 82.6 Å². The number of hydrogen-bond donors (Lipinski definition) is 0. The molecule has 0 amide bonds. The van der Waals surface area contributed by atoms with Crippen molar-refractivity contribution in [2.24, 2.45) is 0 Å². The molecule has 0 aliphatic carbocycles. The van der Waals surface area contributed by atoms with Crippen LogP contribution in [0.3, 0.4) is 0 Å². The summed E-state index contributed by atoms with van der Waals surface area (Å²) in [6, 6.07) is 21.5. The van der Waals surface area contributed by atoms with Gasteiger partial charge < -0.3 is 133 Å². The third kappa shape index (κ3) is 35.6. The maximum absolute atomic E-state index is 6.47. The van der Waals surface area contributed by atoms with Crippen LogP contribution in [0.5, 0.6) is 23.0 Å². The van der Waals surface area contributed by atoms with Gasteiger partial charge in [0.25, 0.3) is 0 Å². The number of likely N-dealkylation sites (N-methyl/N-ethyl adjacent to an activating group) is 4. The molecule has 0 bridgehead atoms. The van der Waals surface area contributed by atoms with Crippen molar-refractivity contribution in [2.75, 3.05) is 135 Å². The SMILES string of the molecule is CCCCCC[N+](C)(C)CCOc1cc(/C=C/c2ccc(/C=C/c3cc(OCC[N+](C)(C)CCCCCC)cc(OCC[N+](C)(C)CCCCCC)c3)cc2)cc(OCC[N+](C)(C)CCCCCC)c1.[I-].[I-].[I-].[I-]. The fourth-order valence-electron chi connectivity index (χ4n) is 8.77. The van der Waals surface area contributed by atoms with Crippen molar-refractivity contribution in [3.63, 3.8) is 0 Å². The minimum absolute atomic E-state index is 0. The van der Waals surface area contributed by atoms with Crippen molar-refractivity contribution in [1.29, 1.82) is 0 Å². The molecule has 0 atom stereocenters. The monoisotopic (exact) mass is 1480 g/mol. The lowest BCUT2D eigenvalue weighted by Crippen LogP contribution is -3.00. The Morgan fingerprint density at radius 2 is 0.500 bits per heavy atom. The molecule has 0 aliphatic heterocycles. The highest BCUT2D eigenvalue weighted by Crippen LogP contribution is 2.27. The molecule has 0 aliphatic rings. The Balaban J connectivity index is 0. The summed E-state index contributed by atoms with van der Waals surface area (Å²) in [6.07, 6.45) is 29.3. The Labute approximate surface area is 523 Å². The van der Waals surface area contributed by atoms with Crippen LogP contribution in [0.1, 0.15) is 153 Å². The molecule has 0 N–H and O–H groups in total. The quantitative estimate of drug-likeness (QED) is 0.0380. The van der Waals surface area contributed by atoms with Crippen molar-refractivity contribution in [1.82, 2.24) is 0 Å². The molecule has 0 spiro atoms. The second-order valence-corrected chi connectivity index (χ2v) is 23.0. The largest absolute Gasteiger partial charge is 1.00 e. The molecule has 0 fully saturated rings. The molecule has 0 aromatic heterocycles. The van der Waals surface area contributed by atoms with Crippen LogP contribution in [0.2, 0.25) is 0 Å². The van der Waals surface area contributed by atoms with Crippen molar-refractivity contribution in [3.05, 3.63) is 82.9 Å². The second kappa shape index (κ2) is 42.1. The third-order valence-corrected chi connectivity index (χ3v) is 14.0. The van der Waals surface area contributed by atoms with Gasteiger partial charge in [0, 0.05) is 12.1 Å². The molecule has 8 nitrogen and oxygen atoms in total. The van der Waals surface area contributed by atoms with Gasteiger partial charge in [0.15, 0.2) is 0 Å². The van der Waals surface area contributed by atoms with E-state index in [1.54, 1.807) is 0 Å². The van der Waals surface area contributed by atoms with Crippen LogP contribution in [0.4, 0.5) is 0 Å². The van der Waals surface area contributed by atoms with E-state index in [2.05, 4.69) is 169 Å². The topological polar surface area (TPSA) is 36.9 Å². The van der Waals surface area contributed by atoms with Crippen LogP contribution in [0, 0.1) is 0 Å². The number of ether oxygens (including phenoxy) is 4. The smallest absolute Gasteiger partial charge is 0.137 e. The Morgan fingerprint density at radius 1 is 0.284 bits per heavy atom. The minimum Gasteiger partial charge on any atom is -1.00 e. The predicted molar refractivity (Wildman–Crippen MR) is 303 cm³/mol. The van der Waals surface area contributed by atoms with Crippen LogP contribution in [-0.2, 0) is 0 Å². The molecule has 3 rings (SSSR count). The second-order valence-electron chi connectivity index (χ2n) is 23.0. The summed E-state index contributed by atoms with van der Waals surface area (Å²) in [7, 11) is 18.6. The maximum atomic E-state index is 6.47. The molecule has 3 aromatic carbocycles. The van der Waals surface area contributed by atoms with Gasteiger partial charge in [0.1, 0.15) is 75.6 Å². The molecule has 74 heavy (non-hydrogen) atoms. The van der Waals surface area contributed by atoms with Crippen LogP contribution in [0.15, 0.2) is 60.7 Å². The molecule has 3 aromatic rings. The first-order chi connectivity index (χ1) is 33.5. The van der Waals surface area contributed by atoms with E-state index in [-0.39, 0.29) is 95.9 Å². The van der Waals surface area contributed by atoms with E-state index in [1.165, 1.54) is 129 Å². The van der Waals surface area contributed by atoms with Gasteiger partial charge in [-0.1, -0.05) is 128 Å². The summed E-state index contributed by atoms with van der Waals surface area (Å²) in [5.41, 5.74) is 4.42. The third-order valence-electron chi connectivity index (χ3n) is 14.0. The van der Waals surface area contributed by atoms with Crippen molar-refractivity contribution < 1.29 is 133 Å². The summed E-state index contributed by atoms with van der Waals surface area (Å²) in [4.78, 5) is 0. The van der Waals surface area contributed by atoms with Crippen LogP contribution in [-0.4, -0.2) is 153 Å². The average molecular weight is 1480 g/mol. The van der Waals surface area contributed by atoms with Gasteiger partial charge in [-0.05, 0) is 97.9 Å². The molecule has 0 heterocycles. The van der Waals surface area contributed by atoms with Crippen LogP contribution < -0.4 is 115 Å². The van der Waals surface area contributed by atoms with Crippen LogP contribution in [0.25, 0.3) is 24.3 Å². The zero-order valence-corrected chi connectivity index (χ0v) is 57.4. The molecule has 0 saturated carbocycles. The lowest BCUT2D eigenvalue weighted by Gasteiger charge is -2.30. The fourth-order valence-corrected chi connectivity index (χ4v) is 8.77. The van der Waals surface area contributed by atoms with Crippen molar-refractivity contribution in [3.8, 4) is 23.0 Å². The normalized spacial score (nSPS) is 11.9. The van der Waals surface area contributed by atoms with E-state index >= 15 is 0 Å². The Kier molecular flexibility index (Phi) is 42.7. The summed E-state index contributed by atoms with van der Waals surface area (Å²) < 4.78 is 29.7. The van der Waals surface area contributed by atoms with Gasteiger partial charge in [-0.15, -0.1) is 0 Å². The van der Waals surface area contributed by atoms with Gasteiger partial charge in [0.2, 0.25) is 0 Å². The van der Waals surface area contributed by atoms with E-state index in [1.807, 2.05) is 0 Å². The zero-order valence-electron chi connectivity index (χ0n) is 48.8. The standard InChI is InChI=1S/C62H106N4O4.4HI/c1-13-17-21-25-37-63(5,6)41-45-67-59-49-57(50-60(53-59)68-46-42-64(7,8)38-26-22-18-14-2)35-33-55-29-31-56(32-30-55)34-36-58-51-61(69-47-43-65(9,10)39-27-23-19-15-3)54-62(52-58)70-48-44-66(11,12)40-28-24-20-16-4;;;;/h29-36,49-54H,13-28,37-48H2,1-12H3;4*1H/q+4;;;;/p-4/b35-33+,36-34+;;;;. The first-order valence-electron chi connectivity index (χ1n) is 28.0. The predicted octanol–water partition coefficient (Wildman–Crippen LogP) is 2.19. The van der Waals surface area contributed by atoms with E-state index in [0.717, 1.165) is 89.4 Å². The highest BCUT2D eigenvalue weighted by atomic mass is 127. The highest BCUT2D eigenvalue weighted by Gasteiger charge is 2.19. The number of quaternary nitrogens is 4. The minimum atomic E-state index is 0. The van der Waals surface area contributed by atoms with Crippen molar-refractivity contribution in [2.45, 2.75) is 130 Å². The number of nitrogens with zero attached hydrogens (tertiary/aromatic N) is 4. The Morgan fingerprint density at radius 3 is 0.716 bits per heavy atom. The summed E-state index contributed by atoms with van der Waals surface area (Å²) in [5.74, 6) is 3.45. The van der Waals surface area contributed by atoms with Gasteiger partial charge in [-0.3, -0.25) is 0 Å². The van der Waals surface area contributed by atoms with E-state index < -0.39 is 0 Å². The van der Waals surface area contributed by atoms with E-state index in [4.69, 9.17) is 18.9 Å². The van der Waals surface area contributed by atoms with E-state index in [0.29, 0.717) is 26.4 Å². The van der Waals surface area contributed by atoms with Gasteiger partial charge >= 0.3 is 0 Å². The lowest BCUT2D eigenvalue weighted by atomic mass is 10.1. The number of benzene rings is 3. The molecule has 12 heteroatoms. The number of hydrogen-bond acceptors (Lipinski definition) is 4. The molecule has 0 unspecified atom stereocenters. The molecule has 0 saturated heterocycles. The van der Waals surface area contributed by atoms with Gasteiger partial charge in [-0.25, -0.2) is 0 Å².